The molecule has 0 spiro atoms. The van der Waals surface area contributed by atoms with Gasteiger partial charge >= 0.3 is 0 Å². The van der Waals surface area contributed by atoms with Crippen molar-refractivity contribution < 1.29 is 0 Å². The van der Waals surface area contributed by atoms with Gasteiger partial charge in [0.15, 0.2) is 0 Å². The molecule has 2 aromatic carbocycles. The Morgan fingerprint density at radius 1 is 1.05 bits per heavy atom. The lowest BCUT2D eigenvalue weighted by atomic mass is 9.97. The number of benzene rings is 2. The summed E-state index contributed by atoms with van der Waals surface area (Å²) < 4.78 is 1.29. The van der Waals surface area contributed by atoms with Crippen LogP contribution >= 0.6 is 11.3 Å². The molecule has 1 N–H and O–H groups in total. The Bertz CT molecular complexity index is 743. The normalized spacial score (nSPS) is 13.9. The summed E-state index contributed by atoms with van der Waals surface area (Å²) in [5, 5.41) is 4.82. The molecule has 3 aromatic rings. The summed E-state index contributed by atoms with van der Waals surface area (Å²) in [6.45, 7) is 1.10. The van der Waals surface area contributed by atoms with Gasteiger partial charge in [-0.2, -0.15) is 0 Å². The summed E-state index contributed by atoms with van der Waals surface area (Å²) in [5.74, 6) is 0. The first-order valence-electron chi connectivity index (χ1n) is 7.59. The van der Waals surface area contributed by atoms with Crippen LogP contribution in [0.25, 0.3) is 10.2 Å². The van der Waals surface area contributed by atoms with Crippen LogP contribution in [0.2, 0.25) is 0 Å². The molecule has 1 aromatic heterocycles. The molecule has 0 radical (unpaired) electrons. The van der Waals surface area contributed by atoms with Crippen molar-refractivity contribution in [3.63, 3.8) is 0 Å². The maximum atomic E-state index is 4.74. The SMILES string of the molecule is c1cc2c(c(CCc3nc4ccccc4s3)c1)NCCC2. The standard InChI is InChI=1S/C18H18N2S/c1-2-9-16-15(8-1)20-17(21-16)11-10-14-6-3-5-13-7-4-12-19-18(13)14/h1-3,5-6,8-9,19H,4,7,10-12H2. The number of anilines is 1. The first-order chi connectivity index (χ1) is 10.4. The van der Waals surface area contributed by atoms with E-state index in [-0.39, 0.29) is 0 Å². The molecule has 0 aliphatic carbocycles. The van der Waals surface area contributed by atoms with Crippen LogP contribution in [0.4, 0.5) is 5.69 Å². The molecular formula is C18H18N2S. The smallest absolute Gasteiger partial charge is 0.0941 e. The zero-order valence-corrected chi connectivity index (χ0v) is 12.7. The molecule has 2 heterocycles. The number of fused-ring (bicyclic) bond motifs is 2. The van der Waals surface area contributed by atoms with Gasteiger partial charge in [0.2, 0.25) is 0 Å². The molecule has 0 fully saturated rings. The van der Waals surface area contributed by atoms with Gasteiger partial charge in [0.05, 0.1) is 15.2 Å². The molecule has 0 saturated carbocycles. The topological polar surface area (TPSA) is 24.9 Å². The molecular weight excluding hydrogens is 276 g/mol. The number of hydrogen-bond donors (Lipinski definition) is 1. The van der Waals surface area contributed by atoms with Crippen molar-refractivity contribution in [2.45, 2.75) is 25.7 Å². The first kappa shape index (κ1) is 12.8. The zero-order chi connectivity index (χ0) is 14.1. The monoisotopic (exact) mass is 294 g/mol. The minimum Gasteiger partial charge on any atom is -0.385 e. The van der Waals surface area contributed by atoms with E-state index in [0.29, 0.717) is 0 Å². The van der Waals surface area contributed by atoms with Crippen LogP contribution < -0.4 is 5.32 Å². The molecule has 2 nitrogen and oxygen atoms in total. The lowest BCUT2D eigenvalue weighted by Crippen LogP contribution is -2.13. The van der Waals surface area contributed by atoms with E-state index in [9.17, 15) is 0 Å². The van der Waals surface area contributed by atoms with Gasteiger partial charge < -0.3 is 5.32 Å². The van der Waals surface area contributed by atoms with Gasteiger partial charge in [0.25, 0.3) is 0 Å². The molecule has 1 aliphatic rings. The maximum Gasteiger partial charge on any atom is 0.0941 e. The highest BCUT2D eigenvalue weighted by molar-refractivity contribution is 7.18. The molecule has 21 heavy (non-hydrogen) atoms. The molecule has 0 atom stereocenters. The van der Waals surface area contributed by atoms with Crippen molar-refractivity contribution in [2.24, 2.45) is 0 Å². The van der Waals surface area contributed by atoms with Crippen LogP contribution in [-0.4, -0.2) is 11.5 Å². The zero-order valence-electron chi connectivity index (χ0n) is 11.9. The van der Waals surface area contributed by atoms with Gasteiger partial charge in [-0.25, -0.2) is 4.98 Å². The van der Waals surface area contributed by atoms with Crippen LogP contribution in [0.3, 0.4) is 0 Å². The lowest BCUT2D eigenvalue weighted by molar-refractivity contribution is 0.819. The molecule has 0 amide bonds. The van der Waals surface area contributed by atoms with Crippen LogP contribution in [-0.2, 0) is 19.3 Å². The summed E-state index contributed by atoms with van der Waals surface area (Å²) >= 11 is 1.82. The summed E-state index contributed by atoms with van der Waals surface area (Å²) in [7, 11) is 0. The average Bonchev–Trinajstić information content (AvgIpc) is 2.96. The minimum absolute atomic E-state index is 1.03. The first-order valence-corrected chi connectivity index (χ1v) is 8.41. The fraction of sp³-hybridized carbons (Fsp3) is 0.278. The van der Waals surface area contributed by atoms with E-state index in [0.717, 1.165) is 24.9 Å². The van der Waals surface area contributed by atoms with Gasteiger partial charge in [0.1, 0.15) is 0 Å². The van der Waals surface area contributed by atoms with Crippen molar-refractivity contribution in [1.82, 2.24) is 4.98 Å². The van der Waals surface area contributed by atoms with E-state index in [1.165, 1.54) is 39.4 Å². The fourth-order valence-corrected chi connectivity index (χ4v) is 4.02. The van der Waals surface area contributed by atoms with Crippen LogP contribution in [0.1, 0.15) is 22.6 Å². The quantitative estimate of drug-likeness (QED) is 0.772. The van der Waals surface area contributed by atoms with Crippen molar-refractivity contribution in [1.29, 1.82) is 0 Å². The van der Waals surface area contributed by atoms with Gasteiger partial charge in [0, 0.05) is 18.7 Å². The Morgan fingerprint density at radius 3 is 2.95 bits per heavy atom. The van der Waals surface area contributed by atoms with Gasteiger partial charge in [-0.05, 0) is 42.5 Å². The van der Waals surface area contributed by atoms with Crippen LogP contribution in [0, 0.1) is 0 Å². The predicted octanol–water partition coefficient (Wildman–Crippen LogP) is 4.44. The summed E-state index contributed by atoms with van der Waals surface area (Å²) in [5.41, 5.74) is 5.42. The predicted molar refractivity (Wildman–Crippen MR) is 90.3 cm³/mol. The summed E-state index contributed by atoms with van der Waals surface area (Å²) in [4.78, 5) is 4.74. The number of hydrogen-bond acceptors (Lipinski definition) is 3. The van der Waals surface area contributed by atoms with Gasteiger partial charge in [-0.3, -0.25) is 0 Å². The number of nitrogens with one attached hydrogen (secondary N) is 1. The van der Waals surface area contributed by atoms with Gasteiger partial charge in [-0.15, -0.1) is 11.3 Å². The molecule has 0 bridgehead atoms. The number of aryl methyl sites for hydroxylation is 3. The molecule has 4 rings (SSSR count). The van der Waals surface area contributed by atoms with E-state index in [2.05, 4.69) is 47.8 Å². The number of thiazole rings is 1. The Balaban J connectivity index is 1.56. The summed E-state index contributed by atoms with van der Waals surface area (Å²) in [6.07, 6.45) is 4.54. The Morgan fingerprint density at radius 2 is 2.00 bits per heavy atom. The highest BCUT2D eigenvalue weighted by Crippen LogP contribution is 2.28. The van der Waals surface area contributed by atoms with Crippen LogP contribution in [0.5, 0.6) is 0 Å². The van der Waals surface area contributed by atoms with E-state index in [1.54, 1.807) is 0 Å². The molecule has 1 aliphatic heterocycles. The van der Waals surface area contributed by atoms with Crippen molar-refractivity contribution in [3.05, 3.63) is 58.6 Å². The number of para-hydroxylation sites is 2. The van der Waals surface area contributed by atoms with E-state index >= 15 is 0 Å². The Kier molecular flexibility index (Phi) is 3.36. The Hall–Kier alpha value is -1.87. The molecule has 0 saturated heterocycles. The molecule has 106 valence electrons. The second kappa shape index (κ2) is 5.49. The average molecular weight is 294 g/mol. The fourth-order valence-electron chi connectivity index (χ4n) is 3.06. The maximum absolute atomic E-state index is 4.74. The van der Waals surface area contributed by atoms with E-state index < -0.39 is 0 Å². The highest BCUT2D eigenvalue weighted by atomic mass is 32.1. The second-order valence-electron chi connectivity index (χ2n) is 5.56. The third-order valence-electron chi connectivity index (χ3n) is 4.11. The third-order valence-corrected chi connectivity index (χ3v) is 5.20. The van der Waals surface area contributed by atoms with Crippen LogP contribution in [0.15, 0.2) is 42.5 Å². The van der Waals surface area contributed by atoms with E-state index in [1.807, 2.05) is 11.3 Å². The Labute approximate surface area is 128 Å². The second-order valence-corrected chi connectivity index (χ2v) is 6.67. The number of nitrogens with zero attached hydrogens (tertiary/aromatic N) is 1. The van der Waals surface area contributed by atoms with Crippen molar-refractivity contribution >= 4 is 27.2 Å². The largest absolute Gasteiger partial charge is 0.385 e. The van der Waals surface area contributed by atoms with Gasteiger partial charge in [-0.1, -0.05) is 30.3 Å². The number of aromatic nitrogens is 1. The molecule has 3 heteroatoms. The lowest BCUT2D eigenvalue weighted by Gasteiger charge is -2.21. The van der Waals surface area contributed by atoms with E-state index in [4.69, 9.17) is 4.98 Å². The van der Waals surface area contributed by atoms with Crippen molar-refractivity contribution in [3.8, 4) is 0 Å². The minimum atomic E-state index is 1.03. The number of rotatable bonds is 3. The molecule has 0 unspecified atom stereocenters. The highest BCUT2D eigenvalue weighted by Gasteiger charge is 2.12. The summed E-state index contributed by atoms with van der Waals surface area (Å²) in [6, 6.07) is 15.1. The third kappa shape index (κ3) is 2.54. The van der Waals surface area contributed by atoms with Crippen molar-refractivity contribution in [2.75, 3.05) is 11.9 Å².